The molecule has 0 unspecified atom stereocenters. The van der Waals surface area contributed by atoms with Crippen molar-refractivity contribution in [2.75, 3.05) is 18.0 Å². The fraction of sp³-hybridized carbons (Fsp3) is 0.375. The average molecular weight is 449 g/mol. The van der Waals surface area contributed by atoms with Gasteiger partial charge in [-0.1, -0.05) is 12.1 Å². The van der Waals surface area contributed by atoms with Crippen molar-refractivity contribution in [1.29, 1.82) is 0 Å². The highest BCUT2D eigenvalue weighted by Gasteiger charge is 2.34. The van der Waals surface area contributed by atoms with Gasteiger partial charge in [0.25, 0.3) is 5.91 Å². The van der Waals surface area contributed by atoms with Crippen LogP contribution in [0.4, 0.5) is 10.2 Å². The zero-order chi connectivity index (χ0) is 23.1. The average Bonchev–Trinajstić information content (AvgIpc) is 3.46. The molecule has 33 heavy (non-hydrogen) atoms. The summed E-state index contributed by atoms with van der Waals surface area (Å²) in [6, 6.07) is 6.16. The molecule has 9 heteroatoms. The lowest BCUT2D eigenvalue weighted by molar-refractivity contribution is -0.119. The SMILES string of the molecule is Cc1nc([C@@H]2CCN(C(=O)c3cn[nH]c3C)C2)nc2c1CCC(=O)N2Cc1ccc(F)cc1. The third-order valence-electron chi connectivity index (χ3n) is 6.51. The van der Waals surface area contributed by atoms with Crippen molar-refractivity contribution in [3.63, 3.8) is 0 Å². The minimum atomic E-state index is -0.310. The molecule has 1 saturated heterocycles. The summed E-state index contributed by atoms with van der Waals surface area (Å²) >= 11 is 0. The van der Waals surface area contributed by atoms with Crippen molar-refractivity contribution in [3.05, 3.63) is 70.2 Å². The largest absolute Gasteiger partial charge is 0.338 e. The summed E-state index contributed by atoms with van der Waals surface area (Å²) in [5.74, 6) is 0.921. The molecule has 2 amide bonds. The van der Waals surface area contributed by atoms with E-state index in [9.17, 15) is 14.0 Å². The maximum Gasteiger partial charge on any atom is 0.257 e. The molecule has 5 rings (SSSR count). The monoisotopic (exact) mass is 448 g/mol. The molecule has 2 aromatic heterocycles. The van der Waals surface area contributed by atoms with Crippen molar-refractivity contribution < 1.29 is 14.0 Å². The van der Waals surface area contributed by atoms with Crippen LogP contribution in [0.5, 0.6) is 0 Å². The number of aromatic amines is 1. The summed E-state index contributed by atoms with van der Waals surface area (Å²) in [5, 5.41) is 6.76. The summed E-state index contributed by atoms with van der Waals surface area (Å²) in [4.78, 5) is 38.8. The lowest BCUT2D eigenvalue weighted by Crippen LogP contribution is -2.36. The van der Waals surface area contributed by atoms with Gasteiger partial charge in [-0.2, -0.15) is 5.10 Å². The molecule has 0 aliphatic carbocycles. The van der Waals surface area contributed by atoms with Crippen LogP contribution in [0.1, 0.15) is 57.5 Å². The van der Waals surface area contributed by atoms with Crippen molar-refractivity contribution in [2.45, 2.75) is 45.6 Å². The number of anilines is 1. The number of nitrogens with zero attached hydrogens (tertiary/aromatic N) is 5. The van der Waals surface area contributed by atoms with Crippen LogP contribution >= 0.6 is 0 Å². The molecule has 2 aliphatic heterocycles. The van der Waals surface area contributed by atoms with Crippen LogP contribution in [0.15, 0.2) is 30.5 Å². The van der Waals surface area contributed by atoms with Gasteiger partial charge in [-0.05, 0) is 44.4 Å². The number of nitrogens with one attached hydrogen (secondary N) is 1. The number of halogens is 1. The summed E-state index contributed by atoms with van der Waals surface area (Å²) in [6.07, 6.45) is 3.32. The van der Waals surface area contributed by atoms with Crippen LogP contribution in [0.2, 0.25) is 0 Å². The summed E-state index contributed by atoms with van der Waals surface area (Å²) in [5.41, 5.74) is 4.00. The first-order valence-corrected chi connectivity index (χ1v) is 11.1. The van der Waals surface area contributed by atoms with Gasteiger partial charge in [0, 0.05) is 42.4 Å². The van der Waals surface area contributed by atoms with E-state index in [1.54, 1.807) is 23.2 Å². The molecular weight excluding hydrogens is 423 g/mol. The Bertz CT molecular complexity index is 1220. The fourth-order valence-corrected chi connectivity index (χ4v) is 4.61. The molecule has 3 aromatic rings. The molecule has 0 radical (unpaired) electrons. The second kappa shape index (κ2) is 8.38. The van der Waals surface area contributed by atoms with Crippen LogP contribution in [0, 0.1) is 19.7 Å². The molecular formula is C24H25FN6O2. The fourth-order valence-electron chi connectivity index (χ4n) is 4.61. The molecule has 1 atom stereocenters. The smallest absolute Gasteiger partial charge is 0.257 e. The predicted octanol–water partition coefficient (Wildman–Crippen LogP) is 3.06. The highest BCUT2D eigenvalue weighted by molar-refractivity contribution is 5.96. The quantitative estimate of drug-likeness (QED) is 0.662. The van der Waals surface area contributed by atoms with Gasteiger partial charge >= 0.3 is 0 Å². The van der Waals surface area contributed by atoms with Crippen molar-refractivity contribution in [1.82, 2.24) is 25.1 Å². The number of carbonyl (C=O) groups is 2. The van der Waals surface area contributed by atoms with E-state index in [2.05, 4.69) is 10.2 Å². The number of benzene rings is 1. The normalized spacial score (nSPS) is 18.0. The maximum absolute atomic E-state index is 13.3. The zero-order valence-corrected chi connectivity index (χ0v) is 18.6. The Morgan fingerprint density at radius 1 is 1.18 bits per heavy atom. The molecule has 4 heterocycles. The van der Waals surface area contributed by atoms with Crippen molar-refractivity contribution in [3.8, 4) is 0 Å². The van der Waals surface area contributed by atoms with Crippen LogP contribution in [0.25, 0.3) is 0 Å². The molecule has 0 saturated carbocycles. The Morgan fingerprint density at radius 3 is 2.70 bits per heavy atom. The number of aryl methyl sites for hydroxylation is 2. The molecule has 1 aromatic carbocycles. The minimum Gasteiger partial charge on any atom is -0.338 e. The topological polar surface area (TPSA) is 95.1 Å². The second-order valence-electron chi connectivity index (χ2n) is 8.72. The summed E-state index contributed by atoms with van der Waals surface area (Å²) in [6.45, 7) is 5.25. The highest BCUT2D eigenvalue weighted by atomic mass is 19.1. The molecule has 8 nitrogen and oxygen atoms in total. The van der Waals surface area contributed by atoms with E-state index < -0.39 is 0 Å². The lowest BCUT2D eigenvalue weighted by atomic mass is 10.0. The molecule has 170 valence electrons. The number of likely N-dealkylation sites (tertiary alicyclic amines) is 1. The Morgan fingerprint density at radius 2 is 1.97 bits per heavy atom. The number of H-pyrrole nitrogens is 1. The van der Waals surface area contributed by atoms with Gasteiger partial charge < -0.3 is 4.90 Å². The number of hydrogen-bond acceptors (Lipinski definition) is 5. The van der Waals surface area contributed by atoms with Gasteiger partial charge in [0.2, 0.25) is 5.91 Å². The Balaban J connectivity index is 1.41. The van der Waals surface area contributed by atoms with E-state index in [1.165, 1.54) is 12.1 Å². The minimum absolute atomic E-state index is 0.00476. The Hall–Kier alpha value is -3.62. The van der Waals surface area contributed by atoms with E-state index in [-0.39, 0.29) is 23.5 Å². The first kappa shape index (κ1) is 21.2. The van der Waals surface area contributed by atoms with E-state index in [0.717, 1.165) is 28.9 Å². The number of amides is 2. The van der Waals surface area contributed by atoms with Gasteiger partial charge in [-0.3, -0.25) is 19.6 Å². The van der Waals surface area contributed by atoms with Gasteiger partial charge in [0.05, 0.1) is 18.3 Å². The number of fused-ring (bicyclic) bond motifs is 1. The van der Waals surface area contributed by atoms with Gasteiger partial charge in [0.1, 0.15) is 17.5 Å². The number of hydrogen-bond donors (Lipinski definition) is 1. The first-order chi connectivity index (χ1) is 15.9. The molecule has 0 bridgehead atoms. The maximum atomic E-state index is 13.3. The van der Waals surface area contributed by atoms with Crippen LogP contribution < -0.4 is 4.90 Å². The summed E-state index contributed by atoms with van der Waals surface area (Å²) in [7, 11) is 0. The number of aromatic nitrogens is 4. The number of rotatable bonds is 4. The van der Waals surface area contributed by atoms with Crippen LogP contribution in [-0.2, 0) is 17.8 Å². The van der Waals surface area contributed by atoms with Crippen molar-refractivity contribution in [2.24, 2.45) is 0 Å². The standard InChI is InChI=1S/C24H25FN6O2/c1-14-19-7-8-21(32)31(12-16-3-5-18(25)6-4-16)23(19)28-22(27-14)17-9-10-30(13-17)24(33)20-11-26-29-15(20)2/h3-6,11,17H,7-10,12-13H2,1-2H3,(H,26,29)/t17-/m1/s1. The van der Waals surface area contributed by atoms with Crippen LogP contribution in [0.3, 0.4) is 0 Å². The lowest BCUT2D eigenvalue weighted by Gasteiger charge is -2.30. The molecule has 1 fully saturated rings. The number of carbonyl (C=O) groups excluding carboxylic acids is 2. The summed E-state index contributed by atoms with van der Waals surface area (Å²) < 4.78 is 13.3. The third kappa shape index (κ3) is 3.99. The molecule has 2 aliphatic rings. The van der Waals surface area contributed by atoms with Gasteiger partial charge in [-0.25, -0.2) is 14.4 Å². The first-order valence-electron chi connectivity index (χ1n) is 11.1. The Labute approximate surface area is 190 Å². The van der Waals surface area contributed by atoms with Gasteiger partial charge in [0.15, 0.2) is 0 Å². The van der Waals surface area contributed by atoms with Crippen molar-refractivity contribution >= 4 is 17.6 Å². The highest BCUT2D eigenvalue weighted by Crippen LogP contribution is 2.33. The van der Waals surface area contributed by atoms with Gasteiger partial charge in [-0.15, -0.1) is 0 Å². The van der Waals surface area contributed by atoms with E-state index in [0.29, 0.717) is 49.7 Å². The molecule has 1 N–H and O–H groups in total. The van der Waals surface area contributed by atoms with E-state index >= 15 is 0 Å². The predicted molar refractivity (Wildman–Crippen MR) is 119 cm³/mol. The zero-order valence-electron chi connectivity index (χ0n) is 18.6. The van der Waals surface area contributed by atoms with E-state index in [1.807, 2.05) is 18.7 Å². The molecule has 0 spiro atoms. The van der Waals surface area contributed by atoms with E-state index in [4.69, 9.17) is 9.97 Å². The Kier molecular flexibility index (Phi) is 5.39. The second-order valence-corrected chi connectivity index (χ2v) is 8.72. The third-order valence-corrected chi connectivity index (χ3v) is 6.51. The van der Waals surface area contributed by atoms with Crippen LogP contribution in [-0.4, -0.2) is 50.0 Å².